The average molecular weight is 323 g/mol. The number of carbonyl (C=O) groups excluding carboxylic acids is 1. The van der Waals surface area contributed by atoms with Gasteiger partial charge in [0.05, 0.1) is 5.97 Å². The molecular formula is C13H15N4O4S-. The summed E-state index contributed by atoms with van der Waals surface area (Å²) in [6.07, 6.45) is 0. The predicted molar refractivity (Wildman–Crippen MR) is 80.8 cm³/mol. The van der Waals surface area contributed by atoms with Gasteiger partial charge in [-0.2, -0.15) is 0 Å². The molecule has 22 heavy (non-hydrogen) atoms. The highest BCUT2D eigenvalue weighted by Crippen LogP contribution is 2.22. The third kappa shape index (κ3) is 2.71. The molecule has 0 aliphatic carbocycles. The minimum absolute atomic E-state index is 0.218. The Morgan fingerprint density at radius 2 is 1.95 bits per heavy atom. The molecule has 118 valence electrons. The molecule has 2 aromatic rings. The molecular weight excluding hydrogens is 308 g/mol. The molecule has 9 heteroatoms. The first-order valence-electron chi connectivity index (χ1n) is 6.37. The van der Waals surface area contributed by atoms with E-state index in [1.54, 1.807) is 11.5 Å². The van der Waals surface area contributed by atoms with Crippen LogP contribution in [0.15, 0.2) is 26.9 Å². The molecule has 0 radical (unpaired) electrons. The SMILES string of the molecule is C=C(C)Cn1c(SCC(=O)[O-])nc2c1c(=O)n(C)c(=O)n2C. The number of fused-ring (bicyclic) bond motifs is 1. The Morgan fingerprint density at radius 1 is 1.32 bits per heavy atom. The summed E-state index contributed by atoms with van der Waals surface area (Å²) in [6.45, 7) is 5.89. The lowest BCUT2D eigenvalue weighted by molar-refractivity contribution is -0.301. The number of carbonyl (C=O) groups is 1. The van der Waals surface area contributed by atoms with E-state index in [1.807, 2.05) is 0 Å². The maximum Gasteiger partial charge on any atom is 0.332 e. The van der Waals surface area contributed by atoms with Gasteiger partial charge in [0.1, 0.15) is 0 Å². The van der Waals surface area contributed by atoms with Crippen molar-refractivity contribution in [2.24, 2.45) is 14.1 Å². The Hall–Kier alpha value is -2.29. The van der Waals surface area contributed by atoms with Gasteiger partial charge < -0.3 is 14.5 Å². The smallest absolute Gasteiger partial charge is 0.332 e. The quantitative estimate of drug-likeness (QED) is 0.509. The van der Waals surface area contributed by atoms with Crippen LogP contribution in [0.3, 0.4) is 0 Å². The van der Waals surface area contributed by atoms with Gasteiger partial charge in [0.2, 0.25) is 0 Å². The van der Waals surface area contributed by atoms with Crippen molar-refractivity contribution < 1.29 is 9.90 Å². The van der Waals surface area contributed by atoms with Gasteiger partial charge in [0.25, 0.3) is 5.56 Å². The second-order valence-electron chi connectivity index (χ2n) is 4.98. The molecule has 0 bridgehead atoms. The molecule has 2 heterocycles. The summed E-state index contributed by atoms with van der Waals surface area (Å²) >= 11 is 0.937. The van der Waals surface area contributed by atoms with E-state index in [1.165, 1.54) is 18.7 Å². The van der Waals surface area contributed by atoms with Crippen LogP contribution in [0.25, 0.3) is 11.2 Å². The lowest BCUT2D eigenvalue weighted by atomic mass is 10.3. The van der Waals surface area contributed by atoms with Gasteiger partial charge in [-0.05, 0) is 6.92 Å². The third-order valence-corrected chi connectivity index (χ3v) is 4.01. The van der Waals surface area contributed by atoms with E-state index in [0.29, 0.717) is 11.7 Å². The van der Waals surface area contributed by atoms with Gasteiger partial charge in [-0.3, -0.25) is 13.9 Å². The molecule has 0 atom stereocenters. The van der Waals surface area contributed by atoms with Gasteiger partial charge in [-0.1, -0.05) is 23.9 Å². The Kier molecular flexibility index (Phi) is 4.27. The fraction of sp³-hybridized carbons (Fsp3) is 0.385. The zero-order valence-corrected chi connectivity index (χ0v) is 13.3. The van der Waals surface area contributed by atoms with Crippen LogP contribution in [0, 0.1) is 0 Å². The summed E-state index contributed by atoms with van der Waals surface area (Å²) in [5.41, 5.74) is 0.259. The van der Waals surface area contributed by atoms with Gasteiger partial charge in [0, 0.05) is 26.4 Å². The lowest BCUT2D eigenvalue weighted by Gasteiger charge is -2.09. The van der Waals surface area contributed by atoms with Crippen molar-refractivity contribution in [1.29, 1.82) is 0 Å². The maximum atomic E-state index is 12.4. The molecule has 0 saturated carbocycles. The van der Waals surface area contributed by atoms with E-state index in [-0.39, 0.29) is 16.9 Å². The number of carboxylic acids is 1. The highest BCUT2D eigenvalue weighted by atomic mass is 32.2. The lowest BCUT2D eigenvalue weighted by Crippen LogP contribution is -2.37. The number of hydrogen-bond donors (Lipinski definition) is 0. The van der Waals surface area contributed by atoms with Crippen molar-refractivity contribution in [2.75, 3.05) is 5.75 Å². The molecule has 2 rings (SSSR count). The van der Waals surface area contributed by atoms with Crippen molar-refractivity contribution >= 4 is 28.9 Å². The normalized spacial score (nSPS) is 11.0. The molecule has 0 aliphatic rings. The molecule has 2 aromatic heterocycles. The third-order valence-electron chi connectivity index (χ3n) is 3.06. The second-order valence-corrected chi connectivity index (χ2v) is 5.92. The molecule has 8 nitrogen and oxygen atoms in total. The fourth-order valence-corrected chi connectivity index (χ4v) is 2.79. The van der Waals surface area contributed by atoms with Crippen molar-refractivity contribution in [3.8, 4) is 0 Å². The zero-order valence-electron chi connectivity index (χ0n) is 12.5. The molecule has 0 spiro atoms. The van der Waals surface area contributed by atoms with Gasteiger partial charge >= 0.3 is 5.69 Å². The number of hydrogen-bond acceptors (Lipinski definition) is 6. The van der Waals surface area contributed by atoms with Crippen molar-refractivity contribution in [1.82, 2.24) is 18.7 Å². The van der Waals surface area contributed by atoms with E-state index >= 15 is 0 Å². The van der Waals surface area contributed by atoms with Crippen molar-refractivity contribution in [2.45, 2.75) is 18.6 Å². The zero-order chi connectivity index (χ0) is 16.6. The van der Waals surface area contributed by atoms with E-state index in [9.17, 15) is 19.5 Å². The number of rotatable bonds is 5. The van der Waals surface area contributed by atoms with Crippen LogP contribution >= 0.6 is 11.8 Å². The summed E-state index contributed by atoms with van der Waals surface area (Å²) in [5, 5.41) is 11.0. The van der Waals surface area contributed by atoms with Gasteiger partial charge in [0.15, 0.2) is 16.3 Å². The minimum Gasteiger partial charge on any atom is -0.549 e. The van der Waals surface area contributed by atoms with Crippen LogP contribution in [0.5, 0.6) is 0 Å². The highest BCUT2D eigenvalue weighted by molar-refractivity contribution is 7.99. The average Bonchev–Trinajstić information content (AvgIpc) is 2.78. The summed E-state index contributed by atoms with van der Waals surface area (Å²) in [6, 6.07) is 0. The number of imidazole rings is 1. The standard InChI is InChI=1S/C13H16N4O4S/c1-7(2)5-17-9-10(14-12(17)22-6-8(18)19)15(3)13(21)16(4)11(9)20/h1,5-6H2,2-4H3,(H,18,19)/p-1. The first-order valence-corrected chi connectivity index (χ1v) is 7.36. The van der Waals surface area contributed by atoms with Gasteiger partial charge in [-0.15, -0.1) is 0 Å². The maximum absolute atomic E-state index is 12.4. The van der Waals surface area contributed by atoms with Crippen LogP contribution in [0.1, 0.15) is 6.92 Å². The molecule has 0 N–H and O–H groups in total. The number of aryl methyl sites for hydroxylation is 1. The fourth-order valence-electron chi connectivity index (χ4n) is 2.08. The van der Waals surface area contributed by atoms with Crippen LogP contribution in [-0.4, -0.2) is 30.4 Å². The van der Waals surface area contributed by atoms with Crippen LogP contribution in [0.2, 0.25) is 0 Å². The van der Waals surface area contributed by atoms with Crippen LogP contribution in [-0.2, 0) is 25.4 Å². The Morgan fingerprint density at radius 3 is 2.50 bits per heavy atom. The summed E-state index contributed by atoms with van der Waals surface area (Å²) in [7, 11) is 2.89. The molecule has 0 unspecified atom stereocenters. The minimum atomic E-state index is -1.24. The first kappa shape index (κ1) is 16.1. The highest BCUT2D eigenvalue weighted by Gasteiger charge is 2.19. The summed E-state index contributed by atoms with van der Waals surface area (Å²) in [4.78, 5) is 39.2. The second kappa shape index (κ2) is 5.84. The van der Waals surface area contributed by atoms with E-state index in [4.69, 9.17) is 0 Å². The molecule has 0 saturated heterocycles. The number of aromatic nitrogens is 4. The van der Waals surface area contributed by atoms with Crippen LogP contribution < -0.4 is 16.4 Å². The first-order chi connectivity index (χ1) is 10.2. The molecule has 0 aromatic carbocycles. The number of aliphatic carboxylic acids is 1. The largest absolute Gasteiger partial charge is 0.549 e. The number of thioether (sulfide) groups is 1. The van der Waals surface area contributed by atoms with Crippen molar-refractivity contribution in [3.05, 3.63) is 33.0 Å². The predicted octanol–water partition coefficient (Wildman–Crippen LogP) is -1.15. The van der Waals surface area contributed by atoms with Gasteiger partial charge in [-0.25, -0.2) is 9.78 Å². The number of nitrogens with zero attached hydrogens (tertiary/aromatic N) is 4. The van der Waals surface area contributed by atoms with Crippen molar-refractivity contribution in [3.63, 3.8) is 0 Å². The number of carboxylic acid groups (broad SMARTS) is 1. The van der Waals surface area contributed by atoms with Crippen LogP contribution in [0.4, 0.5) is 0 Å². The Labute approximate surface area is 129 Å². The number of allylic oxidation sites excluding steroid dienone is 1. The Balaban J connectivity index is 2.80. The van der Waals surface area contributed by atoms with E-state index in [0.717, 1.165) is 21.9 Å². The summed E-state index contributed by atoms with van der Waals surface area (Å²) in [5.74, 6) is -1.53. The summed E-state index contributed by atoms with van der Waals surface area (Å²) < 4.78 is 3.83. The molecule has 0 fully saturated rings. The molecule has 0 aliphatic heterocycles. The van der Waals surface area contributed by atoms with E-state index < -0.39 is 17.2 Å². The molecule has 0 amide bonds. The topological polar surface area (TPSA) is 102 Å². The van der Waals surface area contributed by atoms with E-state index in [2.05, 4.69) is 11.6 Å². The Bertz CT molecular complexity index is 890. The monoisotopic (exact) mass is 323 g/mol.